The molecule has 1 rings (SSSR count). The molecule has 0 fully saturated rings. The Balaban J connectivity index is 2.48. The lowest BCUT2D eigenvalue weighted by molar-refractivity contribution is 0.321. The fourth-order valence-electron chi connectivity index (χ4n) is 1.13. The van der Waals surface area contributed by atoms with Crippen LogP contribution < -0.4 is 10.1 Å². The van der Waals surface area contributed by atoms with Gasteiger partial charge >= 0.3 is 0 Å². The maximum atomic E-state index is 13.2. The normalized spacial score (nSPS) is 10.2. The van der Waals surface area contributed by atoms with Crippen molar-refractivity contribution in [3.8, 4) is 5.75 Å². The zero-order valence-corrected chi connectivity index (χ0v) is 9.22. The number of likely N-dealkylation sites (N-methyl/N-ethyl adjacent to an activating group) is 1. The Kier molecular flexibility index (Phi) is 4.92. The van der Waals surface area contributed by atoms with Crippen molar-refractivity contribution in [1.82, 2.24) is 5.32 Å². The van der Waals surface area contributed by atoms with Gasteiger partial charge in [-0.05, 0) is 24.3 Å². The monoisotopic (exact) mass is 227 g/mol. The van der Waals surface area contributed by atoms with E-state index in [0.29, 0.717) is 6.54 Å². The molecule has 0 aliphatic carbocycles. The third kappa shape index (κ3) is 3.62. The summed E-state index contributed by atoms with van der Waals surface area (Å²) in [7, 11) is 0. The van der Waals surface area contributed by atoms with Crippen LogP contribution in [-0.2, 0) is 0 Å². The van der Waals surface area contributed by atoms with E-state index in [-0.39, 0.29) is 12.4 Å². The minimum atomic E-state index is -0.959. The van der Waals surface area contributed by atoms with E-state index >= 15 is 0 Å². The minimum Gasteiger partial charge on any atom is -0.486 e. The number of halogens is 2. The molecule has 4 heteroatoms. The third-order valence-electron chi connectivity index (χ3n) is 1.97. The molecule has 1 aromatic rings. The fourth-order valence-corrected chi connectivity index (χ4v) is 1.13. The number of rotatable bonds is 6. The van der Waals surface area contributed by atoms with Crippen LogP contribution in [0.15, 0.2) is 30.4 Å². The van der Waals surface area contributed by atoms with E-state index in [0.717, 1.165) is 18.2 Å². The highest BCUT2D eigenvalue weighted by molar-refractivity contribution is 5.25. The molecule has 0 amide bonds. The van der Waals surface area contributed by atoms with Gasteiger partial charge in [-0.1, -0.05) is 19.6 Å². The van der Waals surface area contributed by atoms with Crippen molar-refractivity contribution >= 4 is 0 Å². The van der Waals surface area contributed by atoms with Crippen molar-refractivity contribution in [1.29, 1.82) is 0 Å². The predicted octanol–water partition coefficient (Wildman–Crippen LogP) is 2.51. The summed E-state index contributed by atoms with van der Waals surface area (Å²) in [5.74, 6) is -1.95. The summed E-state index contributed by atoms with van der Waals surface area (Å²) in [6.45, 7) is 7.33. The van der Waals surface area contributed by atoms with Gasteiger partial charge in [-0.3, -0.25) is 0 Å². The number of benzene rings is 1. The SMILES string of the molecule is C=C(CNCC)COc1cccc(F)c1F. The molecule has 0 heterocycles. The van der Waals surface area contributed by atoms with Crippen LogP contribution >= 0.6 is 0 Å². The van der Waals surface area contributed by atoms with Crippen LogP contribution in [0.4, 0.5) is 8.78 Å². The van der Waals surface area contributed by atoms with E-state index in [1.807, 2.05) is 6.92 Å². The summed E-state index contributed by atoms with van der Waals surface area (Å²) >= 11 is 0. The van der Waals surface area contributed by atoms with E-state index in [4.69, 9.17) is 4.74 Å². The van der Waals surface area contributed by atoms with Crippen molar-refractivity contribution in [2.75, 3.05) is 19.7 Å². The summed E-state index contributed by atoms with van der Waals surface area (Å²) < 4.78 is 31.1. The van der Waals surface area contributed by atoms with E-state index in [2.05, 4.69) is 11.9 Å². The highest BCUT2D eigenvalue weighted by atomic mass is 19.2. The molecule has 0 aliphatic heterocycles. The second-order valence-electron chi connectivity index (χ2n) is 3.37. The van der Waals surface area contributed by atoms with Gasteiger partial charge in [-0.15, -0.1) is 0 Å². The molecule has 0 aromatic heterocycles. The van der Waals surface area contributed by atoms with Gasteiger partial charge in [0.2, 0.25) is 5.82 Å². The van der Waals surface area contributed by atoms with Crippen LogP contribution in [0.2, 0.25) is 0 Å². The maximum absolute atomic E-state index is 13.2. The third-order valence-corrected chi connectivity index (χ3v) is 1.97. The largest absolute Gasteiger partial charge is 0.486 e. The molecular formula is C12H15F2NO. The second-order valence-corrected chi connectivity index (χ2v) is 3.37. The lowest BCUT2D eigenvalue weighted by Gasteiger charge is -2.09. The van der Waals surface area contributed by atoms with Crippen LogP contribution in [0.3, 0.4) is 0 Å². The fraction of sp³-hybridized carbons (Fsp3) is 0.333. The lowest BCUT2D eigenvalue weighted by Crippen LogP contribution is -2.19. The summed E-state index contributed by atoms with van der Waals surface area (Å²) in [6, 6.07) is 3.84. The topological polar surface area (TPSA) is 21.3 Å². The predicted molar refractivity (Wildman–Crippen MR) is 59.5 cm³/mol. The molecule has 2 nitrogen and oxygen atoms in total. The van der Waals surface area contributed by atoms with E-state index < -0.39 is 11.6 Å². The molecule has 0 atom stereocenters. The molecule has 0 saturated heterocycles. The average Bonchev–Trinajstić information content (AvgIpc) is 2.28. The number of ether oxygens (including phenoxy) is 1. The van der Waals surface area contributed by atoms with Crippen LogP contribution in [0.1, 0.15) is 6.92 Å². The van der Waals surface area contributed by atoms with Crippen molar-refractivity contribution in [3.63, 3.8) is 0 Å². The molecule has 1 aromatic carbocycles. The smallest absolute Gasteiger partial charge is 0.200 e. The molecule has 0 spiro atoms. The lowest BCUT2D eigenvalue weighted by atomic mass is 10.3. The Morgan fingerprint density at radius 2 is 2.19 bits per heavy atom. The summed E-state index contributed by atoms with van der Waals surface area (Å²) in [5, 5.41) is 3.06. The van der Waals surface area contributed by atoms with E-state index in [9.17, 15) is 8.78 Å². The molecule has 16 heavy (non-hydrogen) atoms. The first-order valence-electron chi connectivity index (χ1n) is 5.09. The zero-order valence-electron chi connectivity index (χ0n) is 9.22. The maximum Gasteiger partial charge on any atom is 0.200 e. The standard InChI is InChI=1S/C12H15F2NO/c1-3-15-7-9(2)8-16-11-6-4-5-10(13)12(11)14/h4-6,15H,2-3,7-8H2,1H3. The quantitative estimate of drug-likeness (QED) is 0.754. The van der Waals surface area contributed by atoms with Gasteiger partial charge in [0, 0.05) is 6.54 Å². The van der Waals surface area contributed by atoms with Gasteiger partial charge < -0.3 is 10.1 Å². The Labute approximate surface area is 93.9 Å². The van der Waals surface area contributed by atoms with E-state index in [1.165, 1.54) is 12.1 Å². The minimum absolute atomic E-state index is 0.0855. The first kappa shape index (κ1) is 12.6. The Hall–Kier alpha value is -1.42. The van der Waals surface area contributed by atoms with Crippen molar-refractivity contribution in [3.05, 3.63) is 42.0 Å². The highest BCUT2D eigenvalue weighted by Crippen LogP contribution is 2.19. The average molecular weight is 227 g/mol. The second kappa shape index (κ2) is 6.23. The number of hydrogen-bond acceptors (Lipinski definition) is 2. The molecule has 0 radical (unpaired) electrons. The summed E-state index contributed by atoms with van der Waals surface area (Å²) in [5.41, 5.74) is 0.783. The molecular weight excluding hydrogens is 212 g/mol. The van der Waals surface area contributed by atoms with Gasteiger partial charge in [0.25, 0.3) is 0 Å². The molecule has 0 bridgehead atoms. The van der Waals surface area contributed by atoms with Gasteiger partial charge in [-0.2, -0.15) is 4.39 Å². The Bertz CT molecular complexity index is 366. The Morgan fingerprint density at radius 1 is 1.44 bits per heavy atom. The molecule has 0 unspecified atom stereocenters. The van der Waals surface area contributed by atoms with Gasteiger partial charge in [0.15, 0.2) is 11.6 Å². The first-order valence-corrected chi connectivity index (χ1v) is 5.09. The van der Waals surface area contributed by atoms with Crippen molar-refractivity contribution < 1.29 is 13.5 Å². The van der Waals surface area contributed by atoms with E-state index in [1.54, 1.807) is 0 Å². The van der Waals surface area contributed by atoms with Gasteiger partial charge in [-0.25, -0.2) is 4.39 Å². The van der Waals surface area contributed by atoms with Crippen LogP contribution in [0.5, 0.6) is 5.75 Å². The zero-order chi connectivity index (χ0) is 12.0. The summed E-state index contributed by atoms with van der Waals surface area (Å²) in [4.78, 5) is 0. The molecule has 88 valence electrons. The van der Waals surface area contributed by atoms with Crippen molar-refractivity contribution in [2.24, 2.45) is 0 Å². The van der Waals surface area contributed by atoms with Gasteiger partial charge in [0.05, 0.1) is 0 Å². The molecule has 0 saturated carbocycles. The summed E-state index contributed by atoms with van der Waals surface area (Å²) in [6.07, 6.45) is 0. The van der Waals surface area contributed by atoms with Crippen LogP contribution in [0, 0.1) is 11.6 Å². The van der Waals surface area contributed by atoms with Crippen molar-refractivity contribution in [2.45, 2.75) is 6.92 Å². The number of nitrogens with one attached hydrogen (secondary N) is 1. The van der Waals surface area contributed by atoms with Crippen LogP contribution in [-0.4, -0.2) is 19.7 Å². The Morgan fingerprint density at radius 3 is 2.88 bits per heavy atom. The highest BCUT2D eigenvalue weighted by Gasteiger charge is 2.08. The number of hydrogen-bond donors (Lipinski definition) is 1. The first-order chi connectivity index (χ1) is 7.65. The van der Waals surface area contributed by atoms with Crippen LogP contribution in [0.25, 0.3) is 0 Å². The molecule has 0 aliphatic rings. The molecule has 1 N–H and O–H groups in total. The van der Waals surface area contributed by atoms with Gasteiger partial charge in [0.1, 0.15) is 6.61 Å².